The molecule has 0 saturated carbocycles. The third kappa shape index (κ3) is 4.41. The van der Waals surface area contributed by atoms with Crippen LogP contribution in [0.1, 0.15) is 40.4 Å². The first-order chi connectivity index (χ1) is 17.5. The van der Waals surface area contributed by atoms with Gasteiger partial charge in [0.25, 0.3) is 11.5 Å². The predicted molar refractivity (Wildman–Crippen MR) is 136 cm³/mol. The quantitative estimate of drug-likeness (QED) is 0.297. The zero-order valence-corrected chi connectivity index (χ0v) is 22.5. The van der Waals surface area contributed by atoms with Crippen LogP contribution in [0.4, 0.5) is 24.7 Å². The molecule has 194 valence electrons. The largest absolute Gasteiger partial charge is 0.452 e. The minimum absolute atomic E-state index is 0.00660. The molecule has 3 aromatic heterocycles. The Morgan fingerprint density at radius 1 is 1.19 bits per heavy atom. The average Bonchev–Trinajstić information content (AvgIpc) is 3.49. The van der Waals surface area contributed by atoms with Gasteiger partial charge in [0.15, 0.2) is 16.4 Å². The number of carbonyl (C=O) groups excluding carboxylic acids is 1. The second-order valence-corrected chi connectivity index (χ2v) is 10.1. The number of anilines is 2. The number of aromatic nitrogens is 4. The SMILES string of the molecule is Cc1c(NC(=O)c2nn3c(c2Br)N[C@H](c2ccc(Br)o2)C[C@@H]3C(F)(F)F)c(=O)n(-c2ccccc2)n1C. The van der Waals surface area contributed by atoms with Gasteiger partial charge < -0.3 is 15.1 Å². The van der Waals surface area contributed by atoms with Gasteiger partial charge in [0.1, 0.15) is 17.3 Å². The highest BCUT2D eigenvalue weighted by Crippen LogP contribution is 2.46. The number of nitrogens with zero attached hydrogens (tertiary/aromatic N) is 4. The van der Waals surface area contributed by atoms with Crippen LogP contribution in [0, 0.1) is 6.92 Å². The highest BCUT2D eigenvalue weighted by atomic mass is 79.9. The Kier molecular flexibility index (Phi) is 6.34. The van der Waals surface area contributed by atoms with Crippen molar-refractivity contribution in [2.24, 2.45) is 7.05 Å². The Labute approximate surface area is 224 Å². The number of nitrogens with one attached hydrogen (secondary N) is 2. The van der Waals surface area contributed by atoms with E-state index >= 15 is 0 Å². The molecule has 0 fully saturated rings. The molecule has 0 saturated heterocycles. The normalized spacial score (nSPS) is 17.4. The van der Waals surface area contributed by atoms with E-state index in [9.17, 15) is 22.8 Å². The maximum absolute atomic E-state index is 14.0. The molecule has 4 aromatic rings. The predicted octanol–water partition coefficient (Wildman–Crippen LogP) is 5.71. The van der Waals surface area contributed by atoms with E-state index in [4.69, 9.17) is 4.42 Å². The summed E-state index contributed by atoms with van der Waals surface area (Å²) in [5, 5.41) is 9.52. The molecule has 1 aliphatic rings. The van der Waals surface area contributed by atoms with E-state index in [1.54, 1.807) is 55.1 Å². The molecule has 37 heavy (non-hydrogen) atoms. The summed E-state index contributed by atoms with van der Waals surface area (Å²) in [4.78, 5) is 26.4. The lowest BCUT2D eigenvalue weighted by molar-refractivity contribution is -0.174. The minimum Gasteiger partial charge on any atom is -0.452 e. The number of benzene rings is 1. The number of carbonyl (C=O) groups is 1. The fourth-order valence-electron chi connectivity index (χ4n) is 4.32. The summed E-state index contributed by atoms with van der Waals surface area (Å²) >= 11 is 6.40. The van der Waals surface area contributed by atoms with Crippen LogP contribution >= 0.6 is 31.9 Å². The molecular weight excluding hydrogens is 625 g/mol. The summed E-state index contributed by atoms with van der Waals surface area (Å²) in [6.45, 7) is 1.65. The van der Waals surface area contributed by atoms with Crippen molar-refractivity contribution in [3.63, 3.8) is 0 Å². The maximum atomic E-state index is 14.0. The van der Waals surface area contributed by atoms with Crippen molar-refractivity contribution in [2.45, 2.75) is 31.6 Å². The maximum Gasteiger partial charge on any atom is 0.410 e. The number of hydrogen-bond acceptors (Lipinski definition) is 5. The summed E-state index contributed by atoms with van der Waals surface area (Å²) in [6, 6.07) is 9.16. The van der Waals surface area contributed by atoms with Crippen LogP contribution in [0.15, 0.2) is 60.8 Å². The second-order valence-electron chi connectivity index (χ2n) is 8.48. The van der Waals surface area contributed by atoms with Crippen LogP contribution in [0.25, 0.3) is 5.69 Å². The second kappa shape index (κ2) is 9.24. The van der Waals surface area contributed by atoms with E-state index in [-0.39, 0.29) is 21.7 Å². The lowest BCUT2D eigenvalue weighted by Gasteiger charge is -2.32. The topological polar surface area (TPSA) is 99.0 Å². The number of fused-ring (bicyclic) bond motifs is 1. The molecule has 0 bridgehead atoms. The van der Waals surface area contributed by atoms with Crippen LogP contribution in [-0.2, 0) is 7.05 Å². The Balaban J connectivity index is 1.51. The van der Waals surface area contributed by atoms with Crippen LogP contribution in [0.2, 0.25) is 0 Å². The molecule has 0 aliphatic carbocycles. The Morgan fingerprint density at radius 2 is 1.89 bits per heavy atom. The standard InChI is InChI=1S/C23H19Br2F3N6O3/c1-11-18(22(36)34(32(11)2)12-6-4-3-5-7-12)30-21(35)19-17(25)20-29-13(14-8-9-16(24)37-14)10-15(23(26,27)28)33(20)31-19/h3-9,13,15,29H,10H2,1-2H3,(H,30,35)/t13-,15+/m0/s1. The van der Waals surface area contributed by atoms with Crippen molar-refractivity contribution in [1.82, 2.24) is 19.1 Å². The summed E-state index contributed by atoms with van der Waals surface area (Å²) < 4.78 is 51.7. The molecule has 2 N–H and O–H groups in total. The molecule has 1 aromatic carbocycles. The molecular formula is C23H19Br2F3N6O3. The summed E-state index contributed by atoms with van der Waals surface area (Å²) in [5.41, 5.74) is 0.247. The van der Waals surface area contributed by atoms with Crippen molar-refractivity contribution in [2.75, 3.05) is 10.6 Å². The van der Waals surface area contributed by atoms with E-state index in [0.29, 0.717) is 21.8 Å². The van der Waals surface area contributed by atoms with Gasteiger partial charge in [0.05, 0.1) is 21.9 Å². The Morgan fingerprint density at radius 3 is 2.51 bits per heavy atom. The zero-order valence-electron chi connectivity index (χ0n) is 19.3. The van der Waals surface area contributed by atoms with E-state index in [2.05, 4.69) is 47.6 Å². The van der Waals surface area contributed by atoms with Crippen LogP contribution in [0.3, 0.4) is 0 Å². The Hall–Kier alpha value is -3.26. The zero-order chi connectivity index (χ0) is 26.6. The molecule has 1 aliphatic heterocycles. The van der Waals surface area contributed by atoms with Crippen molar-refractivity contribution >= 4 is 49.3 Å². The fourth-order valence-corrected chi connectivity index (χ4v) is 5.20. The lowest BCUT2D eigenvalue weighted by Crippen LogP contribution is -2.35. The number of furan rings is 1. The van der Waals surface area contributed by atoms with E-state index in [1.165, 1.54) is 4.68 Å². The monoisotopic (exact) mass is 642 g/mol. The molecule has 0 spiro atoms. The first-order valence-electron chi connectivity index (χ1n) is 11.0. The van der Waals surface area contributed by atoms with Gasteiger partial charge in [-0.25, -0.2) is 9.36 Å². The number of amides is 1. The van der Waals surface area contributed by atoms with Crippen LogP contribution in [-0.4, -0.2) is 31.2 Å². The van der Waals surface area contributed by atoms with Gasteiger partial charge in [-0.15, -0.1) is 0 Å². The molecule has 2 atom stereocenters. The van der Waals surface area contributed by atoms with Crippen molar-refractivity contribution in [3.05, 3.63) is 79.1 Å². The molecule has 14 heteroatoms. The van der Waals surface area contributed by atoms with Gasteiger partial charge in [-0.1, -0.05) is 18.2 Å². The van der Waals surface area contributed by atoms with Crippen molar-refractivity contribution in [3.8, 4) is 5.69 Å². The van der Waals surface area contributed by atoms with Gasteiger partial charge in [-0.3, -0.25) is 14.3 Å². The van der Waals surface area contributed by atoms with E-state index < -0.39 is 36.1 Å². The average molecular weight is 644 g/mol. The van der Waals surface area contributed by atoms with Gasteiger partial charge in [-0.2, -0.15) is 18.3 Å². The van der Waals surface area contributed by atoms with Gasteiger partial charge >= 0.3 is 6.18 Å². The number of alkyl halides is 3. The molecule has 9 nitrogen and oxygen atoms in total. The number of rotatable bonds is 4. The first kappa shape index (κ1) is 25.4. The number of halogens is 5. The molecule has 0 radical (unpaired) electrons. The molecule has 0 unspecified atom stereocenters. The van der Waals surface area contributed by atoms with Gasteiger partial charge in [0.2, 0.25) is 0 Å². The van der Waals surface area contributed by atoms with Crippen LogP contribution < -0.4 is 16.2 Å². The summed E-state index contributed by atoms with van der Waals surface area (Å²) in [5.74, 6) is -0.560. The number of para-hydroxylation sites is 1. The van der Waals surface area contributed by atoms with Gasteiger partial charge in [0, 0.05) is 13.5 Å². The minimum atomic E-state index is -4.64. The molecule has 4 heterocycles. The Bertz CT molecular complexity index is 1550. The molecule has 5 rings (SSSR count). The highest BCUT2D eigenvalue weighted by Gasteiger charge is 2.48. The summed E-state index contributed by atoms with van der Waals surface area (Å²) in [7, 11) is 1.66. The van der Waals surface area contributed by atoms with Crippen LogP contribution in [0.5, 0.6) is 0 Å². The third-order valence-electron chi connectivity index (χ3n) is 6.24. The lowest BCUT2D eigenvalue weighted by atomic mass is 10.0. The fraction of sp³-hybridized carbons (Fsp3) is 0.261. The number of hydrogen-bond donors (Lipinski definition) is 2. The first-order valence-corrected chi connectivity index (χ1v) is 12.6. The smallest absolute Gasteiger partial charge is 0.410 e. The van der Waals surface area contributed by atoms with Gasteiger partial charge in [-0.05, 0) is 63.0 Å². The highest BCUT2D eigenvalue weighted by molar-refractivity contribution is 9.10. The molecule has 1 amide bonds. The summed E-state index contributed by atoms with van der Waals surface area (Å²) in [6.07, 6.45) is -5.04. The third-order valence-corrected chi connectivity index (χ3v) is 7.42. The van der Waals surface area contributed by atoms with Crippen molar-refractivity contribution in [1.29, 1.82) is 0 Å². The van der Waals surface area contributed by atoms with E-state index in [0.717, 1.165) is 4.68 Å². The van der Waals surface area contributed by atoms with E-state index in [1.807, 2.05) is 6.07 Å². The van der Waals surface area contributed by atoms with Crippen molar-refractivity contribution < 1.29 is 22.4 Å².